The minimum Gasteiger partial charge on any atom is -0.333 e. The van der Waals surface area contributed by atoms with E-state index in [1.54, 1.807) is 0 Å². The molecule has 20 heavy (non-hydrogen) atoms. The fourth-order valence-corrected chi connectivity index (χ4v) is 4.56. The summed E-state index contributed by atoms with van der Waals surface area (Å²) in [6.07, 6.45) is 8.02. The molecule has 0 saturated carbocycles. The van der Waals surface area contributed by atoms with Gasteiger partial charge in [0.05, 0.1) is 10.5 Å². The second-order valence-corrected chi connectivity index (χ2v) is 6.89. The Morgan fingerprint density at radius 2 is 2.10 bits per heavy atom. The molecule has 0 aliphatic carbocycles. The molecule has 0 fully saturated rings. The molecule has 2 aromatic heterocycles. The third kappa shape index (κ3) is 2.11. The zero-order chi connectivity index (χ0) is 13.4. The molecule has 0 atom stereocenters. The lowest BCUT2D eigenvalue weighted by Crippen LogP contribution is -1.97. The highest BCUT2D eigenvalue weighted by Crippen LogP contribution is 2.43. The second-order valence-electron chi connectivity index (χ2n) is 4.67. The normalized spacial score (nSPS) is 13.3. The van der Waals surface area contributed by atoms with E-state index in [9.17, 15) is 0 Å². The van der Waals surface area contributed by atoms with Gasteiger partial charge in [-0.25, -0.2) is 4.98 Å². The van der Waals surface area contributed by atoms with Crippen LogP contribution in [0.1, 0.15) is 11.1 Å². The van der Waals surface area contributed by atoms with Crippen molar-refractivity contribution in [1.29, 1.82) is 0 Å². The standard InChI is InChI=1S/C16H12N2S2/c1-2-4-15-12(3-1)9-13(10-18-7-6-17-11-18)14-5-8-19-16(14)20-15/h1-9,11H,10H2. The summed E-state index contributed by atoms with van der Waals surface area (Å²) in [6.45, 7) is 0.860. The van der Waals surface area contributed by atoms with Gasteiger partial charge in [0.1, 0.15) is 0 Å². The van der Waals surface area contributed by atoms with Gasteiger partial charge in [0.2, 0.25) is 0 Å². The van der Waals surface area contributed by atoms with Gasteiger partial charge in [-0.1, -0.05) is 30.0 Å². The van der Waals surface area contributed by atoms with Crippen LogP contribution in [0.5, 0.6) is 0 Å². The largest absolute Gasteiger partial charge is 0.333 e. The average Bonchev–Trinajstić information content (AvgIpc) is 3.09. The molecule has 2 nitrogen and oxygen atoms in total. The van der Waals surface area contributed by atoms with E-state index in [-0.39, 0.29) is 0 Å². The predicted molar refractivity (Wildman–Crippen MR) is 85.0 cm³/mol. The summed E-state index contributed by atoms with van der Waals surface area (Å²) in [5.41, 5.74) is 4.00. The summed E-state index contributed by atoms with van der Waals surface area (Å²) in [6, 6.07) is 10.8. The van der Waals surface area contributed by atoms with Crippen LogP contribution in [0.3, 0.4) is 0 Å². The molecule has 4 heteroatoms. The molecule has 0 saturated heterocycles. The van der Waals surface area contributed by atoms with Gasteiger partial charge in [-0.15, -0.1) is 11.3 Å². The number of nitrogens with zero attached hydrogens (tertiary/aromatic N) is 2. The fraction of sp³-hybridized carbons (Fsp3) is 0.0625. The third-order valence-electron chi connectivity index (χ3n) is 3.34. The minimum absolute atomic E-state index is 0.860. The smallest absolute Gasteiger partial charge is 0.0949 e. The Morgan fingerprint density at radius 1 is 1.15 bits per heavy atom. The highest BCUT2D eigenvalue weighted by atomic mass is 32.2. The molecule has 1 aromatic carbocycles. The van der Waals surface area contributed by atoms with Gasteiger partial charge in [-0.05, 0) is 34.7 Å². The molecule has 0 radical (unpaired) electrons. The first-order valence-corrected chi connectivity index (χ1v) is 8.11. The summed E-state index contributed by atoms with van der Waals surface area (Å²) >= 11 is 3.68. The van der Waals surface area contributed by atoms with Crippen molar-refractivity contribution in [2.45, 2.75) is 15.6 Å². The molecular weight excluding hydrogens is 284 g/mol. The van der Waals surface area contributed by atoms with E-state index in [0.29, 0.717) is 0 Å². The van der Waals surface area contributed by atoms with E-state index in [4.69, 9.17) is 0 Å². The van der Waals surface area contributed by atoms with Gasteiger partial charge in [-0.2, -0.15) is 0 Å². The maximum Gasteiger partial charge on any atom is 0.0949 e. The van der Waals surface area contributed by atoms with Gasteiger partial charge >= 0.3 is 0 Å². The van der Waals surface area contributed by atoms with Crippen LogP contribution in [-0.4, -0.2) is 9.55 Å². The SMILES string of the molecule is C1=C(Cn2ccnc2)c2ccsc2Sc2ccccc21. The Morgan fingerprint density at radius 3 is 3.00 bits per heavy atom. The van der Waals surface area contributed by atoms with Crippen molar-refractivity contribution < 1.29 is 0 Å². The summed E-state index contributed by atoms with van der Waals surface area (Å²) in [4.78, 5) is 5.46. The number of allylic oxidation sites excluding steroid dienone is 1. The Kier molecular flexibility index (Phi) is 2.98. The van der Waals surface area contributed by atoms with Crippen LogP contribution in [0, 0.1) is 0 Å². The molecule has 98 valence electrons. The molecule has 4 rings (SSSR count). The van der Waals surface area contributed by atoms with Gasteiger partial charge < -0.3 is 4.57 Å². The lowest BCUT2D eigenvalue weighted by Gasteiger charge is -2.07. The van der Waals surface area contributed by atoms with Crippen LogP contribution in [0.4, 0.5) is 0 Å². The van der Waals surface area contributed by atoms with Gasteiger partial charge in [0, 0.05) is 29.4 Å². The number of hydrogen-bond acceptors (Lipinski definition) is 3. The maximum absolute atomic E-state index is 4.13. The topological polar surface area (TPSA) is 17.8 Å². The highest BCUT2D eigenvalue weighted by molar-refractivity contribution is 8.01. The third-order valence-corrected chi connectivity index (χ3v) is 5.58. The summed E-state index contributed by atoms with van der Waals surface area (Å²) in [7, 11) is 0. The quantitative estimate of drug-likeness (QED) is 0.685. The summed E-state index contributed by atoms with van der Waals surface area (Å²) < 4.78 is 3.49. The van der Waals surface area contributed by atoms with Gasteiger partial charge in [0.15, 0.2) is 0 Å². The number of hydrogen-bond donors (Lipinski definition) is 0. The predicted octanol–water partition coefficient (Wildman–Crippen LogP) is 4.65. The van der Waals surface area contributed by atoms with E-state index < -0.39 is 0 Å². The number of benzene rings is 1. The number of imidazole rings is 1. The van der Waals surface area contributed by atoms with Crippen molar-refractivity contribution in [1.82, 2.24) is 9.55 Å². The first-order chi connectivity index (χ1) is 9.90. The Bertz CT molecular complexity index is 769. The van der Waals surface area contributed by atoms with Crippen LogP contribution >= 0.6 is 23.1 Å². The van der Waals surface area contributed by atoms with Crippen LogP contribution in [0.15, 0.2) is 63.5 Å². The van der Waals surface area contributed by atoms with Crippen molar-refractivity contribution in [3.05, 3.63) is 65.6 Å². The van der Waals surface area contributed by atoms with E-state index >= 15 is 0 Å². The van der Waals surface area contributed by atoms with Gasteiger partial charge in [-0.3, -0.25) is 0 Å². The Labute approximate surface area is 125 Å². The molecule has 0 unspecified atom stereocenters. The molecule has 1 aliphatic rings. The van der Waals surface area contributed by atoms with E-state index in [1.165, 1.54) is 25.8 Å². The molecule has 0 spiro atoms. The van der Waals surface area contributed by atoms with Crippen LogP contribution in [0.2, 0.25) is 0 Å². The maximum atomic E-state index is 4.13. The monoisotopic (exact) mass is 296 g/mol. The molecule has 3 heterocycles. The van der Waals surface area contributed by atoms with E-state index in [1.807, 2.05) is 41.8 Å². The molecule has 3 aromatic rings. The number of thiophene rings is 1. The highest BCUT2D eigenvalue weighted by Gasteiger charge is 2.16. The Balaban J connectivity index is 1.85. The van der Waals surface area contributed by atoms with E-state index in [0.717, 1.165) is 6.54 Å². The molecule has 0 bridgehead atoms. The van der Waals surface area contributed by atoms with Crippen LogP contribution in [-0.2, 0) is 6.54 Å². The average molecular weight is 296 g/mol. The first-order valence-electron chi connectivity index (χ1n) is 6.41. The van der Waals surface area contributed by atoms with Crippen molar-refractivity contribution in [2.75, 3.05) is 0 Å². The lowest BCUT2D eigenvalue weighted by atomic mass is 10.1. The fourth-order valence-electron chi connectivity index (χ4n) is 2.38. The number of aromatic nitrogens is 2. The summed E-state index contributed by atoms with van der Waals surface area (Å²) in [5, 5.41) is 2.17. The molecule has 0 amide bonds. The summed E-state index contributed by atoms with van der Waals surface area (Å²) in [5.74, 6) is 0. The zero-order valence-electron chi connectivity index (χ0n) is 10.7. The zero-order valence-corrected chi connectivity index (χ0v) is 12.3. The molecule has 0 N–H and O–H groups in total. The minimum atomic E-state index is 0.860. The lowest BCUT2D eigenvalue weighted by molar-refractivity contribution is 0.835. The number of fused-ring (bicyclic) bond motifs is 2. The Hall–Kier alpha value is -1.78. The molecule has 1 aliphatic heterocycles. The van der Waals surface area contributed by atoms with E-state index in [2.05, 4.69) is 51.3 Å². The molecular formula is C16H12N2S2. The van der Waals surface area contributed by atoms with Crippen molar-refractivity contribution in [2.24, 2.45) is 0 Å². The van der Waals surface area contributed by atoms with Crippen molar-refractivity contribution in [3.8, 4) is 0 Å². The van der Waals surface area contributed by atoms with Crippen LogP contribution < -0.4 is 0 Å². The number of rotatable bonds is 2. The first kappa shape index (κ1) is 12.0. The second kappa shape index (κ2) is 4.96. The van der Waals surface area contributed by atoms with Crippen molar-refractivity contribution in [3.63, 3.8) is 0 Å². The van der Waals surface area contributed by atoms with Crippen LogP contribution in [0.25, 0.3) is 11.6 Å². The van der Waals surface area contributed by atoms with Crippen molar-refractivity contribution >= 4 is 34.7 Å². The van der Waals surface area contributed by atoms with Gasteiger partial charge in [0.25, 0.3) is 0 Å².